The molecule has 2 aromatic carbocycles. The summed E-state index contributed by atoms with van der Waals surface area (Å²) in [5.41, 5.74) is 2.97. The van der Waals surface area contributed by atoms with E-state index in [2.05, 4.69) is 10.6 Å². The van der Waals surface area contributed by atoms with Gasteiger partial charge in [-0.15, -0.1) is 0 Å². The summed E-state index contributed by atoms with van der Waals surface area (Å²) in [4.78, 5) is 11.0. The number of hydrogen-bond acceptors (Lipinski definition) is 3. The fourth-order valence-corrected chi connectivity index (χ4v) is 1.98. The van der Waals surface area contributed by atoms with Crippen molar-refractivity contribution in [3.63, 3.8) is 0 Å². The van der Waals surface area contributed by atoms with Gasteiger partial charge in [0.1, 0.15) is 5.75 Å². The second-order valence-corrected chi connectivity index (χ2v) is 4.69. The van der Waals surface area contributed by atoms with Gasteiger partial charge in [-0.05, 0) is 36.8 Å². The Morgan fingerprint density at radius 1 is 1.10 bits per heavy atom. The van der Waals surface area contributed by atoms with E-state index < -0.39 is 0 Å². The van der Waals surface area contributed by atoms with Crippen LogP contribution in [0.1, 0.15) is 19.4 Å². The van der Waals surface area contributed by atoms with Crippen molar-refractivity contribution in [2.45, 2.75) is 20.4 Å². The van der Waals surface area contributed by atoms with Crippen LogP contribution in [0.2, 0.25) is 0 Å². The summed E-state index contributed by atoms with van der Waals surface area (Å²) in [6, 6.07) is 15.7. The summed E-state index contributed by atoms with van der Waals surface area (Å²) in [7, 11) is 0. The van der Waals surface area contributed by atoms with Crippen LogP contribution in [-0.4, -0.2) is 12.5 Å². The fraction of sp³-hybridized carbons (Fsp3) is 0.235. The lowest BCUT2D eigenvalue weighted by molar-refractivity contribution is -0.114. The molecule has 0 saturated carbocycles. The summed E-state index contributed by atoms with van der Waals surface area (Å²) < 4.78 is 5.47. The SMILES string of the molecule is CCOc1cccc(NCc2ccc(NC(C)=O)cc2)c1. The second-order valence-electron chi connectivity index (χ2n) is 4.69. The zero-order valence-electron chi connectivity index (χ0n) is 12.3. The lowest BCUT2D eigenvalue weighted by Gasteiger charge is -2.09. The molecule has 0 aliphatic rings. The Labute approximate surface area is 125 Å². The standard InChI is InChI=1S/C17H20N2O2/c1-3-21-17-6-4-5-16(11-17)18-12-14-7-9-15(10-8-14)19-13(2)20/h4-11,18H,3,12H2,1-2H3,(H,19,20). The normalized spacial score (nSPS) is 10.0. The minimum Gasteiger partial charge on any atom is -0.494 e. The van der Waals surface area contributed by atoms with E-state index in [1.165, 1.54) is 6.92 Å². The molecule has 0 unspecified atom stereocenters. The van der Waals surface area contributed by atoms with Crippen molar-refractivity contribution in [2.24, 2.45) is 0 Å². The number of carbonyl (C=O) groups is 1. The molecule has 110 valence electrons. The van der Waals surface area contributed by atoms with Crippen molar-refractivity contribution in [2.75, 3.05) is 17.2 Å². The third kappa shape index (κ3) is 4.84. The van der Waals surface area contributed by atoms with Crippen molar-refractivity contribution < 1.29 is 9.53 Å². The maximum atomic E-state index is 11.0. The number of ether oxygens (including phenoxy) is 1. The maximum Gasteiger partial charge on any atom is 0.221 e. The number of benzene rings is 2. The molecule has 2 N–H and O–H groups in total. The summed E-state index contributed by atoms with van der Waals surface area (Å²) in [6.07, 6.45) is 0. The van der Waals surface area contributed by atoms with E-state index >= 15 is 0 Å². The predicted molar refractivity (Wildman–Crippen MR) is 85.7 cm³/mol. The second kappa shape index (κ2) is 7.33. The highest BCUT2D eigenvalue weighted by atomic mass is 16.5. The molecule has 1 amide bonds. The van der Waals surface area contributed by atoms with E-state index in [0.29, 0.717) is 6.61 Å². The number of rotatable bonds is 6. The zero-order valence-corrected chi connectivity index (χ0v) is 12.3. The smallest absolute Gasteiger partial charge is 0.221 e. The molecule has 4 nitrogen and oxygen atoms in total. The number of amides is 1. The summed E-state index contributed by atoms with van der Waals surface area (Å²) in [5, 5.41) is 6.10. The highest BCUT2D eigenvalue weighted by Crippen LogP contribution is 2.18. The number of carbonyl (C=O) groups excluding carboxylic acids is 1. The van der Waals surface area contributed by atoms with Gasteiger partial charge in [0, 0.05) is 30.9 Å². The summed E-state index contributed by atoms with van der Waals surface area (Å²) in [5.74, 6) is 0.803. The summed E-state index contributed by atoms with van der Waals surface area (Å²) in [6.45, 7) is 4.85. The number of hydrogen-bond donors (Lipinski definition) is 2. The molecular formula is C17H20N2O2. The van der Waals surface area contributed by atoms with Crippen LogP contribution in [0.4, 0.5) is 11.4 Å². The third-order valence-electron chi connectivity index (χ3n) is 2.92. The van der Waals surface area contributed by atoms with Gasteiger partial charge in [0.2, 0.25) is 5.91 Å². The van der Waals surface area contributed by atoms with Gasteiger partial charge in [0.15, 0.2) is 0 Å². The van der Waals surface area contributed by atoms with E-state index in [0.717, 1.165) is 29.2 Å². The van der Waals surface area contributed by atoms with Crippen LogP contribution in [0.3, 0.4) is 0 Å². The van der Waals surface area contributed by atoms with Gasteiger partial charge >= 0.3 is 0 Å². The lowest BCUT2D eigenvalue weighted by atomic mass is 10.2. The third-order valence-corrected chi connectivity index (χ3v) is 2.92. The van der Waals surface area contributed by atoms with E-state index in [1.807, 2.05) is 55.5 Å². The molecular weight excluding hydrogens is 264 g/mol. The van der Waals surface area contributed by atoms with Gasteiger partial charge in [0.05, 0.1) is 6.61 Å². The average Bonchev–Trinajstić information content (AvgIpc) is 2.47. The van der Waals surface area contributed by atoms with Crippen LogP contribution in [-0.2, 0) is 11.3 Å². The first-order chi connectivity index (χ1) is 10.2. The highest BCUT2D eigenvalue weighted by molar-refractivity contribution is 5.88. The Hall–Kier alpha value is -2.49. The molecule has 0 atom stereocenters. The van der Waals surface area contributed by atoms with Crippen LogP contribution in [0.5, 0.6) is 5.75 Å². The number of anilines is 2. The average molecular weight is 284 g/mol. The van der Waals surface area contributed by atoms with Gasteiger partial charge in [-0.25, -0.2) is 0 Å². The van der Waals surface area contributed by atoms with Crippen LogP contribution in [0.25, 0.3) is 0 Å². The van der Waals surface area contributed by atoms with Crippen molar-refractivity contribution in [1.82, 2.24) is 0 Å². The molecule has 0 aliphatic carbocycles. The Morgan fingerprint density at radius 2 is 1.86 bits per heavy atom. The molecule has 21 heavy (non-hydrogen) atoms. The topological polar surface area (TPSA) is 50.4 Å². The predicted octanol–water partition coefficient (Wildman–Crippen LogP) is 3.66. The van der Waals surface area contributed by atoms with Crippen molar-refractivity contribution in [3.05, 3.63) is 54.1 Å². The Kier molecular flexibility index (Phi) is 5.21. The molecule has 0 spiro atoms. The molecule has 2 rings (SSSR count). The molecule has 0 bridgehead atoms. The van der Waals surface area contributed by atoms with Gasteiger partial charge in [0.25, 0.3) is 0 Å². The van der Waals surface area contributed by atoms with Crippen LogP contribution in [0.15, 0.2) is 48.5 Å². The van der Waals surface area contributed by atoms with E-state index in [4.69, 9.17) is 4.74 Å². The van der Waals surface area contributed by atoms with Crippen LogP contribution in [0, 0.1) is 0 Å². The fourth-order valence-electron chi connectivity index (χ4n) is 1.98. The molecule has 0 aromatic heterocycles. The van der Waals surface area contributed by atoms with E-state index in [9.17, 15) is 4.79 Å². The minimum atomic E-state index is -0.0615. The quantitative estimate of drug-likeness (QED) is 0.851. The van der Waals surface area contributed by atoms with Crippen LogP contribution < -0.4 is 15.4 Å². The molecule has 2 aromatic rings. The summed E-state index contributed by atoms with van der Waals surface area (Å²) >= 11 is 0. The van der Waals surface area contributed by atoms with Gasteiger partial charge < -0.3 is 15.4 Å². The van der Waals surface area contributed by atoms with Gasteiger partial charge in [-0.1, -0.05) is 18.2 Å². The molecule has 0 radical (unpaired) electrons. The first-order valence-corrected chi connectivity index (χ1v) is 7.00. The van der Waals surface area contributed by atoms with Crippen LogP contribution >= 0.6 is 0 Å². The van der Waals surface area contributed by atoms with Crippen molar-refractivity contribution in [3.8, 4) is 5.75 Å². The van der Waals surface area contributed by atoms with E-state index in [-0.39, 0.29) is 5.91 Å². The minimum absolute atomic E-state index is 0.0615. The zero-order chi connectivity index (χ0) is 15.1. The highest BCUT2D eigenvalue weighted by Gasteiger charge is 1.99. The Bertz CT molecular complexity index is 594. The Balaban J connectivity index is 1.93. The monoisotopic (exact) mass is 284 g/mol. The molecule has 0 fully saturated rings. The molecule has 0 heterocycles. The van der Waals surface area contributed by atoms with Crippen molar-refractivity contribution >= 4 is 17.3 Å². The largest absolute Gasteiger partial charge is 0.494 e. The lowest BCUT2D eigenvalue weighted by Crippen LogP contribution is -2.06. The molecule has 4 heteroatoms. The van der Waals surface area contributed by atoms with E-state index in [1.54, 1.807) is 0 Å². The first-order valence-electron chi connectivity index (χ1n) is 7.00. The molecule has 0 aliphatic heterocycles. The molecule has 0 saturated heterocycles. The Morgan fingerprint density at radius 3 is 2.52 bits per heavy atom. The maximum absolute atomic E-state index is 11.0. The number of nitrogens with one attached hydrogen (secondary N) is 2. The van der Waals surface area contributed by atoms with Gasteiger partial charge in [-0.2, -0.15) is 0 Å². The van der Waals surface area contributed by atoms with Crippen molar-refractivity contribution in [1.29, 1.82) is 0 Å². The van der Waals surface area contributed by atoms with Gasteiger partial charge in [-0.3, -0.25) is 4.79 Å². The first kappa shape index (κ1) is 14.9.